The van der Waals surface area contributed by atoms with E-state index in [-0.39, 0.29) is 17.5 Å². The van der Waals surface area contributed by atoms with Gasteiger partial charge in [-0.15, -0.1) is 0 Å². The number of amides is 1. The molecule has 3 atom stereocenters. The Hall–Kier alpha value is -2.53. The number of likely N-dealkylation sites (tertiary alicyclic amines) is 1. The number of hydrogen-bond donors (Lipinski definition) is 1. The van der Waals surface area contributed by atoms with Crippen LogP contribution in [-0.2, 0) is 20.5 Å². The molecular formula is C22H21F5N2O3S. The summed E-state index contributed by atoms with van der Waals surface area (Å²) >= 11 is 0. The predicted molar refractivity (Wildman–Crippen MR) is 111 cm³/mol. The normalized spacial score (nSPS) is 28.7. The molecule has 0 spiro atoms. The number of carbonyl (C=O) groups is 1. The van der Waals surface area contributed by atoms with E-state index in [1.165, 1.54) is 30.3 Å². The van der Waals surface area contributed by atoms with Crippen molar-refractivity contribution in [3.05, 3.63) is 59.7 Å². The zero-order valence-electron chi connectivity index (χ0n) is 17.7. The monoisotopic (exact) mass is 488 g/mol. The maximum Gasteiger partial charge on any atom is 0.285 e. The average Bonchev–Trinajstić information content (AvgIpc) is 3.31. The summed E-state index contributed by atoms with van der Waals surface area (Å²) in [6.45, 7) is -0.754. The van der Waals surface area contributed by atoms with Crippen molar-refractivity contribution in [1.82, 2.24) is 9.62 Å². The maximum absolute atomic E-state index is 15.9. The topological polar surface area (TPSA) is 66.5 Å². The lowest BCUT2D eigenvalue weighted by atomic mass is 9.93. The zero-order valence-corrected chi connectivity index (χ0v) is 18.5. The third-order valence-corrected chi connectivity index (χ3v) is 7.05. The molecule has 2 fully saturated rings. The molecule has 1 unspecified atom stereocenters. The van der Waals surface area contributed by atoms with Crippen molar-refractivity contribution < 1.29 is 35.2 Å². The minimum Gasteiger partial charge on any atom is -0.334 e. The molecule has 4 rings (SSSR count). The number of hydrogen-bond acceptors (Lipinski definition) is 3. The Labute approximate surface area is 187 Å². The number of halogens is 5. The van der Waals surface area contributed by atoms with E-state index in [1.54, 1.807) is 0 Å². The van der Waals surface area contributed by atoms with Crippen molar-refractivity contribution in [2.24, 2.45) is 5.92 Å². The molecular weight excluding hydrogens is 467 g/mol. The van der Waals surface area contributed by atoms with Gasteiger partial charge in [0.1, 0.15) is 22.8 Å². The zero-order chi connectivity index (χ0) is 24.4. The van der Waals surface area contributed by atoms with Crippen LogP contribution in [0.2, 0.25) is 0 Å². The SMILES string of the molecule is CC1(NS(C)(=O)=O)CN(C(=O)[C@@H]2C[C@@]2(F)c2ccccc2-c2c(F)cccc2F)CC1(F)F. The third kappa shape index (κ3) is 4.01. The molecule has 1 heterocycles. The summed E-state index contributed by atoms with van der Waals surface area (Å²) in [6, 6.07) is 8.78. The van der Waals surface area contributed by atoms with Crippen LogP contribution in [0, 0.1) is 17.6 Å². The molecule has 1 aliphatic carbocycles. The second-order valence-corrected chi connectivity index (χ2v) is 10.6. The molecule has 0 radical (unpaired) electrons. The van der Waals surface area contributed by atoms with Crippen LogP contribution in [0.4, 0.5) is 22.0 Å². The van der Waals surface area contributed by atoms with Crippen LogP contribution >= 0.6 is 0 Å². The van der Waals surface area contributed by atoms with Gasteiger partial charge in [-0.25, -0.2) is 35.1 Å². The number of rotatable bonds is 5. The molecule has 0 aromatic heterocycles. The summed E-state index contributed by atoms with van der Waals surface area (Å²) in [4.78, 5) is 13.7. The summed E-state index contributed by atoms with van der Waals surface area (Å²) in [6.07, 6.45) is 0.377. The Kier molecular flexibility index (Phi) is 5.36. The van der Waals surface area contributed by atoms with Crippen LogP contribution < -0.4 is 4.72 Å². The number of nitrogens with one attached hydrogen (secondary N) is 1. The van der Waals surface area contributed by atoms with Gasteiger partial charge in [-0.2, -0.15) is 0 Å². The van der Waals surface area contributed by atoms with Crippen molar-refractivity contribution in [2.45, 2.75) is 30.5 Å². The molecule has 2 aliphatic rings. The minimum atomic E-state index is -4.01. The van der Waals surface area contributed by atoms with Crippen LogP contribution in [0.1, 0.15) is 18.9 Å². The summed E-state index contributed by atoms with van der Waals surface area (Å²) in [5.74, 6) is -7.66. The van der Waals surface area contributed by atoms with Gasteiger partial charge in [0.2, 0.25) is 15.9 Å². The van der Waals surface area contributed by atoms with Crippen LogP contribution in [0.25, 0.3) is 11.1 Å². The highest BCUT2D eigenvalue weighted by molar-refractivity contribution is 7.88. The van der Waals surface area contributed by atoms with Crippen LogP contribution in [0.5, 0.6) is 0 Å². The summed E-state index contributed by atoms with van der Waals surface area (Å²) < 4.78 is 98.8. The fraction of sp³-hybridized carbons (Fsp3) is 0.409. The molecule has 1 N–H and O–H groups in total. The van der Waals surface area contributed by atoms with Gasteiger partial charge in [-0.1, -0.05) is 30.3 Å². The van der Waals surface area contributed by atoms with Crippen LogP contribution in [-0.4, -0.2) is 50.0 Å². The third-order valence-electron chi connectivity index (χ3n) is 6.22. The molecule has 2 aromatic rings. The minimum absolute atomic E-state index is 0.0683. The molecule has 33 heavy (non-hydrogen) atoms. The highest BCUT2D eigenvalue weighted by Crippen LogP contribution is 2.59. The Morgan fingerprint density at radius 2 is 1.64 bits per heavy atom. The molecule has 1 saturated carbocycles. The van der Waals surface area contributed by atoms with Crippen molar-refractivity contribution in [2.75, 3.05) is 19.3 Å². The summed E-state index contributed by atoms with van der Waals surface area (Å²) in [7, 11) is -4.01. The van der Waals surface area contributed by atoms with E-state index in [2.05, 4.69) is 0 Å². The second kappa shape index (κ2) is 7.49. The second-order valence-electron chi connectivity index (χ2n) is 8.87. The fourth-order valence-electron chi connectivity index (χ4n) is 4.50. The van der Waals surface area contributed by atoms with Gasteiger partial charge in [0.25, 0.3) is 5.92 Å². The van der Waals surface area contributed by atoms with Gasteiger partial charge >= 0.3 is 0 Å². The summed E-state index contributed by atoms with van der Waals surface area (Å²) in [5, 5.41) is 0. The highest BCUT2D eigenvalue weighted by Gasteiger charge is 2.66. The van der Waals surface area contributed by atoms with E-state index in [4.69, 9.17) is 0 Å². The van der Waals surface area contributed by atoms with Crippen molar-refractivity contribution >= 4 is 15.9 Å². The van der Waals surface area contributed by atoms with E-state index < -0.39 is 69.3 Å². The quantitative estimate of drug-likeness (QED) is 0.655. The van der Waals surface area contributed by atoms with Crippen molar-refractivity contribution in [1.29, 1.82) is 0 Å². The highest BCUT2D eigenvalue weighted by atomic mass is 32.2. The summed E-state index contributed by atoms with van der Waals surface area (Å²) in [5.41, 5.74) is -5.18. The number of sulfonamides is 1. The first-order chi connectivity index (χ1) is 15.2. The first-order valence-corrected chi connectivity index (χ1v) is 12.0. The fourth-order valence-corrected chi connectivity index (χ4v) is 5.53. The van der Waals surface area contributed by atoms with E-state index in [1.807, 2.05) is 4.72 Å². The van der Waals surface area contributed by atoms with Crippen molar-refractivity contribution in [3.63, 3.8) is 0 Å². The molecule has 2 aromatic carbocycles. The Bertz CT molecular complexity index is 1220. The first kappa shape index (κ1) is 23.6. The van der Waals surface area contributed by atoms with Gasteiger partial charge in [-0.3, -0.25) is 4.79 Å². The predicted octanol–water partition coefficient (Wildman–Crippen LogP) is 3.60. The van der Waals surface area contributed by atoms with E-state index in [0.717, 1.165) is 30.2 Å². The lowest BCUT2D eigenvalue weighted by molar-refractivity contribution is -0.134. The number of alkyl halides is 3. The smallest absolute Gasteiger partial charge is 0.285 e. The van der Waals surface area contributed by atoms with Gasteiger partial charge < -0.3 is 4.90 Å². The van der Waals surface area contributed by atoms with Crippen LogP contribution in [0.3, 0.4) is 0 Å². The Balaban J connectivity index is 1.63. The Morgan fingerprint density at radius 1 is 1.03 bits per heavy atom. The molecule has 178 valence electrons. The van der Waals surface area contributed by atoms with Gasteiger partial charge in [0, 0.05) is 13.0 Å². The molecule has 0 bridgehead atoms. The number of benzene rings is 2. The number of carbonyl (C=O) groups excluding carboxylic acids is 1. The van der Waals surface area contributed by atoms with Gasteiger partial charge in [-0.05, 0) is 30.2 Å². The molecule has 1 amide bonds. The molecule has 1 aliphatic heterocycles. The van der Waals surface area contributed by atoms with Crippen LogP contribution in [0.15, 0.2) is 42.5 Å². The number of nitrogens with zero attached hydrogens (tertiary/aromatic N) is 1. The van der Waals surface area contributed by atoms with Gasteiger partial charge in [0.15, 0.2) is 0 Å². The average molecular weight is 488 g/mol. The van der Waals surface area contributed by atoms with E-state index in [0.29, 0.717) is 0 Å². The van der Waals surface area contributed by atoms with E-state index >= 15 is 4.39 Å². The molecule has 5 nitrogen and oxygen atoms in total. The lowest BCUT2D eigenvalue weighted by Crippen LogP contribution is -2.57. The standard InChI is InChI=1S/C22H21F5N2O3S/c1-20(28-33(2,31)32)11-29(12-22(20,26)27)19(30)15-10-21(15,25)14-7-4-3-6-13(14)18-16(23)8-5-9-17(18)24/h3-9,15,28H,10-12H2,1-2H3/t15-,20?,21+/m0/s1. The molecule has 1 saturated heterocycles. The van der Waals surface area contributed by atoms with Crippen molar-refractivity contribution in [3.8, 4) is 11.1 Å². The Morgan fingerprint density at radius 3 is 2.24 bits per heavy atom. The van der Waals surface area contributed by atoms with Gasteiger partial charge in [0.05, 0.1) is 24.3 Å². The first-order valence-electron chi connectivity index (χ1n) is 10.1. The lowest BCUT2D eigenvalue weighted by Gasteiger charge is -2.29. The molecule has 11 heteroatoms. The largest absolute Gasteiger partial charge is 0.334 e. The maximum atomic E-state index is 15.9. The van der Waals surface area contributed by atoms with E-state index in [9.17, 15) is 30.8 Å².